The Morgan fingerprint density at radius 1 is 0.514 bits per heavy atom. The fourth-order valence-corrected chi connectivity index (χ4v) is 6.99. The zero-order valence-electron chi connectivity index (χ0n) is 18.7. The molecule has 0 spiro atoms. The maximum absolute atomic E-state index is 13.1. The Morgan fingerprint density at radius 2 is 1.17 bits per heavy atom. The van der Waals surface area contributed by atoms with E-state index < -0.39 is 0 Å². The van der Waals surface area contributed by atoms with E-state index in [4.69, 9.17) is 0 Å². The van der Waals surface area contributed by atoms with Crippen LogP contribution in [-0.4, -0.2) is 0 Å². The molecule has 4 heteroatoms. The molecule has 6 rings (SSSR count). The fourth-order valence-electron chi connectivity index (χ4n) is 4.09. The molecule has 0 aliphatic carbocycles. The van der Waals surface area contributed by atoms with Crippen LogP contribution in [0.3, 0.4) is 0 Å². The standard InChI is InChI=1S/C31H20OS3/c32-31-26-11-5-7-13-29(26)35-30-19-18-24(20-27(30)31)34-28-12-6-4-10-25(28)21-14-16-23(17-15-21)33-22-8-2-1-3-9-22/h1-20H. The van der Waals surface area contributed by atoms with E-state index in [-0.39, 0.29) is 5.43 Å². The molecular formula is C31H20OS3. The molecule has 0 atom stereocenters. The molecule has 35 heavy (non-hydrogen) atoms. The fraction of sp³-hybridized carbons (Fsp3) is 0. The topological polar surface area (TPSA) is 17.1 Å². The molecular weight excluding hydrogens is 485 g/mol. The van der Waals surface area contributed by atoms with Gasteiger partial charge in [0.2, 0.25) is 0 Å². The van der Waals surface area contributed by atoms with Crippen LogP contribution < -0.4 is 5.43 Å². The van der Waals surface area contributed by atoms with Crippen LogP contribution in [0.5, 0.6) is 0 Å². The van der Waals surface area contributed by atoms with Crippen LogP contribution in [0.2, 0.25) is 0 Å². The van der Waals surface area contributed by atoms with Gasteiger partial charge < -0.3 is 0 Å². The SMILES string of the molecule is O=c1c2ccccc2sc2ccc(Sc3ccccc3-c3ccc(Sc4ccccc4)cc3)cc12. The highest BCUT2D eigenvalue weighted by Gasteiger charge is 2.10. The van der Waals surface area contributed by atoms with E-state index >= 15 is 0 Å². The van der Waals surface area contributed by atoms with Crippen molar-refractivity contribution in [1.29, 1.82) is 0 Å². The number of rotatable bonds is 5. The van der Waals surface area contributed by atoms with Crippen molar-refractivity contribution in [1.82, 2.24) is 0 Å². The summed E-state index contributed by atoms with van der Waals surface area (Å²) in [5.41, 5.74) is 2.48. The van der Waals surface area contributed by atoms with Crippen molar-refractivity contribution in [3.8, 4) is 11.1 Å². The first-order chi connectivity index (χ1) is 17.2. The van der Waals surface area contributed by atoms with Gasteiger partial charge in [0.25, 0.3) is 0 Å². The smallest absolute Gasteiger partial charge is 0.195 e. The number of fused-ring (bicyclic) bond motifs is 2. The second kappa shape index (κ2) is 9.74. The van der Waals surface area contributed by atoms with Crippen LogP contribution in [-0.2, 0) is 0 Å². The summed E-state index contributed by atoms with van der Waals surface area (Å²) in [5, 5.41) is 1.58. The molecule has 6 aromatic rings. The molecule has 0 N–H and O–H groups in total. The highest BCUT2D eigenvalue weighted by molar-refractivity contribution is 7.99. The molecule has 1 aromatic heterocycles. The Hall–Kier alpha value is -3.31. The molecule has 0 saturated heterocycles. The number of hydrogen-bond acceptors (Lipinski definition) is 4. The Bertz CT molecular complexity index is 1700. The summed E-state index contributed by atoms with van der Waals surface area (Å²) in [7, 11) is 0. The van der Waals surface area contributed by atoms with Gasteiger partial charge in [0, 0.05) is 39.8 Å². The Labute approximate surface area is 216 Å². The van der Waals surface area contributed by atoms with Gasteiger partial charge in [0.15, 0.2) is 5.43 Å². The lowest BCUT2D eigenvalue weighted by Gasteiger charge is -2.11. The molecule has 0 amide bonds. The Balaban J connectivity index is 1.32. The predicted octanol–water partition coefficient (Wildman–Crippen LogP) is 9.38. The van der Waals surface area contributed by atoms with Crippen LogP contribution in [0.25, 0.3) is 31.3 Å². The molecule has 0 saturated carbocycles. The quantitative estimate of drug-likeness (QED) is 0.218. The first-order valence-corrected chi connectivity index (χ1v) is 13.8. The highest BCUT2D eigenvalue weighted by atomic mass is 32.2. The maximum Gasteiger partial charge on any atom is 0.195 e. The van der Waals surface area contributed by atoms with Gasteiger partial charge in [-0.2, -0.15) is 0 Å². The summed E-state index contributed by atoms with van der Waals surface area (Å²) >= 11 is 5.14. The molecule has 0 aliphatic rings. The summed E-state index contributed by atoms with van der Waals surface area (Å²) in [6, 6.07) is 41.7. The molecule has 168 valence electrons. The van der Waals surface area contributed by atoms with Crippen LogP contribution in [0.1, 0.15) is 0 Å². The molecule has 5 aromatic carbocycles. The van der Waals surface area contributed by atoms with Crippen LogP contribution in [0.15, 0.2) is 146 Å². The van der Waals surface area contributed by atoms with E-state index in [1.165, 1.54) is 25.8 Å². The van der Waals surface area contributed by atoms with Crippen molar-refractivity contribution in [3.63, 3.8) is 0 Å². The molecule has 1 heterocycles. The third kappa shape index (κ3) is 4.65. The van der Waals surface area contributed by atoms with E-state index in [1.807, 2.05) is 36.4 Å². The predicted molar refractivity (Wildman–Crippen MR) is 152 cm³/mol. The van der Waals surface area contributed by atoms with Crippen molar-refractivity contribution < 1.29 is 0 Å². The van der Waals surface area contributed by atoms with Crippen molar-refractivity contribution in [3.05, 3.63) is 132 Å². The second-order valence-corrected chi connectivity index (χ2v) is 11.5. The highest BCUT2D eigenvalue weighted by Crippen LogP contribution is 2.38. The average molecular weight is 505 g/mol. The zero-order chi connectivity index (χ0) is 23.6. The molecule has 0 aliphatic heterocycles. The number of benzene rings is 5. The zero-order valence-corrected chi connectivity index (χ0v) is 21.1. The van der Waals surface area contributed by atoms with Gasteiger partial charge in [-0.25, -0.2) is 0 Å². The van der Waals surface area contributed by atoms with E-state index in [1.54, 1.807) is 34.9 Å². The number of hydrogen-bond donors (Lipinski definition) is 0. The normalized spacial score (nSPS) is 11.2. The van der Waals surface area contributed by atoms with E-state index in [0.29, 0.717) is 0 Å². The van der Waals surface area contributed by atoms with E-state index in [9.17, 15) is 4.79 Å². The summed E-state index contributed by atoms with van der Waals surface area (Å²) in [6.07, 6.45) is 0. The minimum Gasteiger partial charge on any atom is -0.289 e. The van der Waals surface area contributed by atoms with Crippen LogP contribution in [0, 0.1) is 0 Å². The third-order valence-corrected chi connectivity index (χ3v) is 9.04. The van der Waals surface area contributed by atoms with Gasteiger partial charge in [-0.3, -0.25) is 4.79 Å². The summed E-state index contributed by atoms with van der Waals surface area (Å²) in [5.74, 6) is 0. The van der Waals surface area contributed by atoms with Gasteiger partial charge in [-0.1, -0.05) is 84.2 Å². The molecule has 1 nitrogen and oxygen atoms in total. The minimum atomic E-state index is 0.108. The third-order valence-electron chi connectivity index (χ3n) is 5.81. The lowest BCUT2D eigenvalue weighted by atomic mass is 10.1. The van der Waals surface area contributed by atoms with Crippen molar-refractivity contribution in [2.75, 3.05) is 0 Å². The summed E-state index contributed by atoms with van der Waals surface area (Å²) < 4.78 is 2.06. The van der Waals surface area contributed by atoms with E-state index in [0.717, 1.165) is 25.1 Å². The van der Waals surface area contributed by atoms with Crippen molar-refractivity contribution in [2.45, 2.75) is 19.6 Å². The van der Waals surface area contributed by atoms with Gasteiger partial charge in [0.05, 0.1) is 0 Å². The van der Waals surface area contributed by atoms with E-state index in [2.05, 4.69) is 84.9 Å². The molecule has 0 fully saturated rings. The van der Waals surface area contributed by atoms with Crippen molar-refractivity contribution >= 4 is 55.0 Å². The van der Waals surface area contributed by atoms with Crippen LogP contribution in [0.4, 0.5) is 0 Å². The largest absolute Gasteiger partial charge is 0.289 e. The summed E-state index contributed by atoms with van der Waals surface area (Å²) in [4.78, 5) is 17.8. The lowest BCUT2D eigenvalue weighted by molar-refractivity contribution is 1.38. The van der Waals surface area contributed by atoms with Gasteiger partial charge in [0.1, 0.15) is 0 Å². The second-order valence-electron chi connectivity index (χ2n) is 8.12. The Morgan fingerprint density at radius 3 is 2.03 bits per heavy atom. The lowest BCUT2D eigenvalue weighted by Crippen LogP contribution is -2.00. The van der Waals surface area contributed by atoms with Crippen LogP contribution >= 0.6 is 34.9 Å². The molecule has 0 unspecified atom stereocenters. The van der Waals surface area contributed by atoms with Gasteiger partial charge >= 0.3 is 0 Å². The molecule has 0 bridgehead atoms. The monoisotopic (exact) mass is 504 g/mol. The maximum atomic E-state index is 13.1. The first kappa shape index (κ1) is 22.2. The van der Waals surface area contributed by atoms with Gasteiger partial charge in [-0.05, 0) is 71.8 Å². The first-order valence-electron chi connectivity index (χ1n) is 11.3. The summed E-state index contributed by atoms with van der Waals surface area (Å²) in [6.45, 7) is 0. The van der Waals surface area contributed by atoms with Crippen molar-refractivity contribution in [2.24, 2.45) is 0 Å². The Kier molecular flexibility index (Phi) is 6.17. The average Bonchev–Trinajstić information content (AvgIpc) is 2.91. The van der Waals surface area contributed by atoms with Gasteiger partial charge in [-0.15, -0.1) is 11.3 Å². The molecule has 0 radical (unpaired) electrons. The minimum absolute atomic E-state index is 0.108.